The molecule has 0 spiro atoms. The third-order valence-electron chi connectivity index (χ3n) is 3.34. The molecular formula is C16H20FN3O2. The Morgan fingerprint density at radius 1 is 1.18 bits per heavy atom. The van der Waals surface area contributed by atoms with E-state index in [9.17, 15) is 14.0 Å². The third-order valence-corrected chi connectivity index (χ3v) is 3.34. The van der Waals surface area contributed by atoms with Crippen LogP contribution < -0.4 is 16.6 Å². The van der Waals surface area contributed by atoms with Crippen molar-refractivity contribution in [2.45, 2.75) is 39.3 Å². The summed E-state index contributed by atoms with van der Waals surface area (Å²) in [5.74, 6) is 0.118. The smallest absolute Gasteiger partial charge is 0.330 e. The van der Waals surface area contributed by atoms with Gasteiger partial charge >= 0.3 is 5.69 Å². The van der Waals surface area contributed by atoms with Crippen LogP contribution in [-0.2, 0) is 6.42 Å². The van der Waals surface area contributed by atoms with Crippen LogP contribution in [0.5, 0.6) is 0 Å². The van der Waals surface area contributed by atoms with E-state index in [1.54, 1.807) is 26.0 Å². The molecule has 5 nitrogen and oxygen atoms in total. The molecule has 1 aromatic carbocycles. The van der Waals surface area contributed by atoms with Gasteiger partial charge in [-0.05, 0) is 44.9 Å². The number of hydrogen-bond donors (Lipinski definition) is 2. The summed E-state index contributed by atoms with van der Waals surface area (Å²) in [4.78, 5) is 26.5. The summed E-state index contributed by atoms with van der Waals surface area (Å²) in [7, 11) is 0. The van der Waals surface area contributed by atoms with Gasteiger partial charge in [0.1, 0.15) is 11.6 Å². The molecule has 0 saturated carbocycles. The normalized spacial score (nSPS) is 12.4. The molecule has 2 rings (SSSR count). The lowest BCUT2D eigenvalue weighted by molar-refractivity contribution is 0.546. The van der Waals surface area contributed by atoms with Crippen molar-refractivity contribution in [3.63, 3.8) is 0 Å². The first-order valence-electron chi connectivity index (χ1n) is 7.23. The maximum Gasteiger partial charge on any atom is 0.330 e. The Bertz CT molecular complexity index is 716. The summed E-state index contributed by atoms with van der Waals surface area (Å²) < 4.78 is 14.0. The Labute approximate surface area is 127 Å². The van der Waals surface area contributed by atoms with Crippen molar-refractivity contribution in [1.29, 1.82) is 0 Å². The standard InChI is InChI=1S/C16H20FN3O2/c1-10(2)20-15(21)9-14(19-16(20)22)18-11(3)8-12-4-6-13(17)7-5-12/h4-7,9-11,18H,8H2,1-3H3,(H,19,22). The molecule has 2 N–H and O–H groups in total. The molecule has 0 fully saturated rings. The van der Waals surface area contributed by atoms with E-state index in [-0.39, 0.29) is 23.5 Å². The number of H-pyrrole nitrogens is 1. The zero-order chi connectivity index (χ0) is 16.3. The summed E-state index contributed by atoms with van der Waals surface area (Å²) in [6.45, 7) is 5.48. The molecule has 0 bridgehead atoms. The molecule has 22 heavy (non-hydrogen) atoms. The Hall–Kier alpha value is -2.37. The molecule has 1 heterocycles. The van der Waals surface area contributed by atoms with Crippen LogP contribution in [0.25, 0.3) is 0 Å². The Balaban J connectivity index is 2.12. The van der Waals surface area contributed by atoms with Crippen LogP contribution in [0, 0.1) is 5.82 Å². The predicted molar refractivity (Wildman–Crippen MR) is 84.9 cm³/mol. The number of nitrogens with zero attached hydrogens (tertiary/aromatic N) is 1. The average Bonchev–Trinajstić information content (AvgIpc) is 2.40. The molecule has 1 aromatic heterocycles. The van der Waals surface area contributed by atoms with E-state index in [1.165, 1.54) is 18.2 Å². The largest absolute Gasteiger partial charge is 0.369 e. The fourth-order valence-corrected chi connectivity index (χ4v) is 2.36. The van der Waals surface area contributed by atoms with E-state index in [0.29, 0.717) is 12.2 Å². The molecule has 0 radical (unpaired) electrons. The molecule has 1 unspecified atom stereocenters. The quantitative estimate of drug-likeness (QED) is 0.890. The van der Waals surface area contributed by atoms with Crippen LogP contribution in [0.15, 0.2) is 39.9 Å². The second-order valence-corrected chi connectivity index (χ2v) is 5.67. The molecule has 118 valence electrons. The van der Waals surface area contributed by atoms with E-state index < -0.39 is 5.69 Å². The second kappa shape index (κ2) is 6.60. The van der Waals surface area contributed by atoms with Crippen molar-refractivity contribution in [1.82, 2.24) is 9.55 Å². The summed E-state index contributed by atoms with van der Waals surface area (Å²) in [6, 6.07) is 7.42. The molecule has 1 atom stereocenters. The highest BCUT2D eigenvalue weighted by Gasteiger charge is 2.09. The van der Waals surface area contributed by atoms with Crippen molar-refractivity contribution in [3.05, 3.63) is 62.6 Å². The van der Waals surface area contributed by atoms with Crippen LogP contribution in [0.1, 0.15) is 32.4 Å². The van der Waals surface area contributed by atoms with Crippen molar-refractivity contribution in [3.8, 4) is 0 Å². The Morgan fingerprint density at radius 3 is 2.36 bits per heavy atom. The SMILES string of the molecule is CC(Cc1ccc(F)cc1)Nc1cc(=O)n(C(C)C)c(=O)[nH]1. The number of halogens is 1. The minimum atomic E-state index is -0.431. The minimum absolute atomic E-state index is 0.0181. The summed E-state index contributed by atoms with van der Waals surface area (Å²) in [5.41, 5.74) is 0.202. The van der Waals surface area contributed by atoms with E-state index in [2.05, 4.69) is 10.3 Å². The molecule has 0 saturated heterocycles. The van der Waals surface area contributed by atoms with Crippen LogP contribution in [0.2, 0.25) is 0 Å². The van der Waals surface area contributed by atoms with Crippen molar-refractivity contribution in [2.75, 3.05) is 5.32 Å². The average molecular weight is 305 g/mol. The second-order valence-electron chi connectivity index (χ2n) is 5.67. The molecule has 2 aromatic rings. The van der Waals surface area contributed by atoms with Crippen LogP contribution in [0.3, 0.4) is 0 Å². The fourth-order valence-electron chi connectivity index (χ4n) is 2.36. The van der Waals surface area contributed by atoms with Crippen LogP contribution in [0.4, 0.5) is 10.2 Å². The van der Waals surface area contributed by atoms with E-state index in [4.69, 9.17) is 0 Å². The van der Waals surface area contributed by atoms with E-state index >= 15 is 0 Å². The molecule has 0 aliphatic heterocycles. The fraction of sp³-hybridized carbons (Fsp3) is 0.375. The Morgan fingerprint density at radius 2 is 1.82 bits per heavy atom. The number of aromatic nitrogens is 2. The van der Waals surface area contributed by atoms with Gasteiger partial charge in [-0.15, -0.1) is 0 Å². The van der Waals surface area contributed by atoms with Gasteiger partial charge in [-0.25, -0.2) is 9.18 Å². The predicted octanol–water partition coefficient (Wildman–Crippen LogP) is 2.30. The van der Waals surface area contributed by atoms with Crippen molar-refractivity contribution >= 4 is 5.82 Å². The van der Waals surface area contributed by atoms with Crippen LogP contribution >= 0.6 is 0 Å². The number of rotatable bonds is 5. The first kappa shape index (κ1) is 16.0. The van der Waals surface area contributed by atoms with Gasteiger partial charge in [-0.2, -0.15) is 0 Å². The number of aromatic amines is 1. The first-order valence-corrected chi connectivity index (χ1v) is 7.23. The first-order chi connectivity index (χ1) is 10.4. The molecular weight excluding hydrogens is 285 g/mol. The number of anilines is 1. The van der Waals surface area contributed by atoms with E-state index in [1.807, 2.05) is 6.92 Å². The highest BCUT2D eigenvalue weighted by atomic mass is 19.1. The van der Waals surface area contributed by atoms with Gasteiger partial charge in [-0.3, -0.25) is 14.3 Å². The summed E-state index contributed by atoms with van der Waals surface area (Å²) >= 11 is 0. The maximum absolute atomic E-state index is 12.9. The van der Waals surface area contributed by atoms with Gasteiger partial charge in [-0.1, -0.05) is 12.1 Å². The molecule has 0 aliphatic rings. The summed E-state index contributed by atoms with van der Waals surface area (Å²) in [6.07, 6.45) is 0.648. The zero-order valence-electron chi connectivity index (χ0n) is 12.9. The van der Waals surface area contributed by atoms with Crippen molar-refractivity contribution in [2.24, 2.45) is 0 Å². The van der Waals surface area contributed by atoms with Gasteiger partial charge < -0.3 is 5.32 Å². The Kier molecular flexibility index (Phi) is 4.80. The lowest BCUT2D eigenvalue weighted by Crippen LogP contribution is -2.37. The lowest BCUT2D eigenvalue weighted by atomic mass is 10.1. The highest BCUT2D eigenvalue weighted by molar-refractivity contribution is 5.34. The number of nitrogens with one attached hydrogen (secondary N) is 2. The van der Waals surface area contributed by atoms with E-state index in [0.717, 1.165) is 10.1 Å². The third kappa shape index (κ3) is 3.84. The topological polar surface area (TPSA) is 66.9 Å². The van der Waals surface area contributed by atoms with Gasteiger partial charge in [0.25, 0.3) is 5.56 Å². The monoisotopic (exact) mass is 305 g/mol. The van der Waals surface area contributed by atoms with Gasteiger partial charge in [0.15, 0.2) is 0 Å². The van der Waals surface area contributed by atoms with Gasteiger partial charge in [0.05, 0.1) is 0 Å². The van der Waals surface area contributed by atoms with Crippen LogP contribution in [-0.4, -0.2) is 15.6 Å². The minimum Gasteiger partial charge on any atom is -0.369 e. The van der Waals surface area contributed by atoms with Gasteiger partial charge in [0, 0.05) is 18.2 Å². The molecule has 0 aliphatic carbocycles. The van der Waals surface area contributed by atoms with Gasteiger partial charge in [0.2, 0.25) is 0 Å². The number of benzene rings is 1. The molecule has 6 heteroatoms. The lowest BCUT2D eigenvalue weighted by Gasteiger charge is -2.16. The maximum atomic E-state index is 12.9. The summed E-state index contributed by atoms with van der Waals surface area (Å²) in [5, 5.41) is 3.09. The highest BCUT2D eigenvalue weighted by Crippen LogP contribution is 2.08. The molecule has 0 amide bonds. The zero-order valence-corrected chi connectivity index (χ0v) is 12.9. The van der Waals surface area contributed by atoms with Crippen molar-refractivity contribution < 1.29 is 4.39 Å². The number of hydrogen-bond acceptors (Lipinski definition) is 3.